The van der Waals surface area contributed by atoms with Gasteiger partial charge in [0.2, 0.25) is 0 Å². The van der Waals surface area contributed by atoms with Crippen LogP contribution in [0.2, 0.25) is 0 Å². The molecule has 5 heteroatoms. The fourth-order valence-corrected chi connectivity index (χ4v) is 3.91. The van der Waals surface area contributed by atoms with Gasteiger partial charge in [-0.3, -0.25) is 9.69 Å². The summed E-state index contributed by atoms with van der Waals surface area (Å²) in [4.78, 5) is 13.7. The van der Waals surface area contributed by atoms with Gasteiger partial charge in [0.15, 0.2) is 0 Å². The average molecular weight is 359 g/mol. The van der Waals surface area contributed by atoms with Gasteiger partial charge in [0.25, 0.3) is 0 Å². The van der Waals surface area contributed by atoms with Gasteiger partial charge in [-0.15, -0.1) is 0 Å². The Morgan fingerprint density at radius 3 is 2.50 bits per heavy atom. The molecule has 138 valence electrons. The fraction of sp³-hybridized carbons (Fsp3) is 0.381. The van der Waals surface area contributed by atoms with E-state index in [1.54, 1.807) is 0 Å². The Balaban J connectivity index is 2.16. The quantitative estimate of drug-likeness (QED) is 0.867. The third-order valence-corrected chi connectivity index (χ3v) is 5.14. The second kappa shape index (κ2) is 7.54. The van der Waals surface area contributed by atoms with Crippen LogP contribution in [0.1, 0.15) is 47.6 Å². The van der Waals surface area contributed by atoms with Crippen molar-refractivity contribution in [2.24, 2.45) is 0 Å². The molecule has 2 unspecified atom stereocenters. The number of piperidine rings is 1. The van der Waals surface area contributed by atoms with Crippen molar-refractivity contribution < 1.29 is 18.7 Å². The first-order chi connectivity index (χ1) is 12.4. The van der Waals surface area contributed by atoms with E-state index in [2.05, 4.69) is 0 Å². The number of nitrogens with zero attached hydrogens (tertiary/aromatic N) is 1. The van der Waals surface area contributed by atoms with Crippen LogP contribution in [0.15, 0.2) is 36.4 Å². The van der Waals surface area contributed by atoms with Crippen molar-refractivity contribution in [1.29, 1.82) is 0 Å². The Bertz CT molecular complexity index is 770. The van der Waals surface area contributed by atoms with E-state index in [0.717, 1.165) is 35.6 Å². The third-order valence-electron chi connectivity index (χ3n) is 5.14. The number of carbonyl (C=O) groups is 1. The number of carboxylic acid groups (broad SMARTS) is 1. The zero-order valence-corrected chi connectivity index (χ0v) is 15.0. The van der Waals surface area contributed by atoms with Crippen molar-refractivity contribution in [2.45, 2.75) is 45.2 Å². The smallest absolute Gasteiger partial charge is 0.320 e. The lowest BCUT2D eigenvalue weighted by Gasteiger charge is -2.40. The molecule has 3 nitrogen and oxygen atoms in total. The highest BCUT2D eigenvalue weighted by Crippen LogP contribution is 2.37. The SMILES string of the molecule is Cc1ccc(C(c2ccc(F)cc2F)N2CCCCC2C(=O)O)c(C)c1. The van der Waals surface area contributed by atoms with Gasteiger partial charge in [0.05, 0.1) is 6.04 Å². The fourth-order valence-electron chi connectivity index (χ4n) is 3.91. The number of aryl methyl sites for hydroxylation is 2. The van der Waals surface area contributed by atoms with E-state index in [0.29, 0.717) is 18.5 Å². The lowest BCUT2D eigenvalue weighted by Crippen LogP contribution is -2.47. The maximum absolute atomic E-state index is 14.7. The number of benzene rings is 2. The Kier molecular flexibility index (Phi) is 5.37. The first kappa shape index (κ1) is 18.5. The minimum absolute atomic E-state index is 0.312. The molecule has 1 aliphatic rings. The van der Waals surface area contributed by atoms with Gasteiger partial charge in [-0.2, -0.15) is 0 Å². The molecule has 0 spiro atoms. The van der Waals surface area contributed by atoms with Gasteiger partial charge < -0.3 is 5.11 Å². The molecule has 0 amide bonds. The number of carboxylic acids is 1. The number of halogens is 2. The first-order valence-electron chi connectivity index (χ1n) is 8.89. The Labute approximate surface area is 152 Å². The molecular formula is C21H23F2NO2. The molecule has 1 aliphatic heterocycles. The van der Waals surface area contributed by atoms with E-state index in [1.807, 2.05) is 36.9 Å². The van der Waals surface area contributed by atoms with Crippen LogP contribution in [0.25, 0.3) is 0 Å². The Morgan fingerprint density at radius 2 is 1.85 bits per heavy atom. The summed E-state index contributed by atoms with van der Waals surface area (Å²) in [5.41, 5.74) is 3.22. The van der Waals surface area contributed by atoms with E-state index in [1.165, 1.54) is 12.1 Å². The third kappa shape index (κ3) is 3.63. The monoisotopic (exact) mass is 359 g/mol. The molecule has 2 aromatic rings. The molecule has 0 aliphatic carbocycles. The number of hydrogen-bond acceptors (Lipinski definition) is 2. The second-order valence-corrected chi connectivity index (χ2v) is 7.02. The molecule has 1 fully saturated rings. The highest BCUT2D eigenvalue weighted by molar-refractivity contribution is 5.73. The minimum atomic E-state index is -0.901. The Hall–Kier alpha value is -2.27. The van der Waals surface area contributed by atoms with Crippen LogP contribution in [0.5, 0.6) is 0 Å². The summed E-state index contributed by atoms with van der Waals surface area (Å²) in [6.07, 6.45) is 2.21. The molecular weight excluding hydrogens is 336 g/mol. The van der Waals surface area contributed by atoms with Crippen molar-refractivity contribution in [1.82, 2.24) is 4.90 Å². The van der Waals surface area contributed by atoms with Crippen molar-refractivity contribution in [3.63, 3.8) is 0 Å². The molecule has 1 heterocycles. The van der Waals surface area contributed by atoms with Crippen LogP contribution in [-0.4, -0.2) is 28.6 Å². The summed E-state index contributed by atoms with van der Waals surface area (Å²) >= 11 is 0. The highest BCUT2D eigenvalue weighted by atomic mass is 19.1. The van der Waals surface area contributed by atoms with Crippen LogP contribution in [-0.2, 0) is 4.79 Å². The van der Waals surface area contributed by atoms with Gasteiger partial charge in [0, 0.05) is 11.6 Å². The summed E-state index contributed by atoms with van der Waals surface area (Å²) < 4.78 is 28.1. The molecule has 3 rings (SSSR count). The predicted molar refractivity (Wildman–Crippen MR) is 96.1 cm³/mol. The van der Waals surface area contributed by atoms with Gasteiger partial charge >= 0.3 is 5.97 Å². The summed E-state index contributed by atoms with van der Waals surface area (Å²) in [7, 11) is 0. The van der Waals surface area contributed by atoms with E-state index < -0.39 is 29.7 Å². The van der Waals surface area contributed by atoms with Crippen LogP contribution in [0.3, 0.4) is 0 Å². The lowest BCUT2D eigenvalue weighted by atomic mass is 9.88. The molecule has 0 saturated carbocycles. The molecule has 0 radical (unpaired) electrons. The van der Waals surface area contributed by atoms with Crippen LogP contribution >= 0.6 is 0 Å². The molecule has 2 aromatic carbocycles. The van der Waals surface area contributed by atoms with Gasteiger partial charge in [-0.1, -0.05) is 36.2 Å². The van der Waals surface area contributed by atoms with Crippen molar-refractivity contribution in [3.05, 3.63) is 70.3 Å². The van der Waals surface area contributed by atoms with E-state index in [-0.39, 0.29) is 0 Å². The number of aliphatic carboxylic acids is 1. The summed E-state index contributed by atoms with van der Waals surface area (Å²) in [6.45, 7) is 4.48. The molecule has 0 bridgehead atoms. The van der Waals surface area contributed by atoms with Crippen molar-refractivity contribution >= 4 is 5.97 Å². The van der Waals surface area contributed by atoms with Crippen molar-refractivity contribution in [3.8, 4) is 0 Å². The van der Waals surface area contributed by atoms with E-state index in [9.17, 15) is 18.7 Å². The van der Waals surface area contributed by atoms with Crippen LogP contribution in [0, 0.1) is 25.5 Å². The lowest BCUT2D eigenvalue weighted by molar-refractivity contribution is -0.145. The zero-order chi connectivity index (χ0) is 18.8. The maximum atomic E-state index is 14.7. The van der Waals surface area contributed by atoms with Gasteiger partial charge in [-0.05, 0) is 50.4 Å². The average Bonchev–Trinajstić information content (AvgIpc) is 2.59. The topological polar surface area (TPSA) is 40.5 Å². The molecule has 26 heavy (non-hydrogen) atoms. The van der Waals surface area contributed by atoms with E-state index >= 15 is 0 Å². The molecule has 1 N–H and O–H groups in total. The number of likely N-dealkylation sites (tertiary alicyclic amines) is 1. The molecule has 1 saturated heterocycles. The van der Waals surface area contributed by atoms with Crippen LogP contribution in [0.4, 0.5) is 8.78 Å². The summed E-state index contributed by atoms with van der Waals surface area (Å²) in [5, 5.41) is 9.68. The highest BCUT2D eigenvalue weighted by Gasteiger charge is 2.36. The summed E-state index contributed by atoms with van der Waals surface area (Å²) in [5.74, 6) is -2.19. The molecule has 0 aromatic heterocycles. The number of rotatable bonds is 4. The second-order valence-electron chi connectivity index (χ2n) is 7.02. The Morgan fingerprint density at radius 1 is 1.12 bits per heavy atom. The predicted octanol–water partition coefficient (Wildman–Crippen LogP) is 4.61. The normalized spacial score (nSPS) is 19.3. The zero-order valence-electron chi connectivity index (χ0n) is 15.0. The van der Waals surface area contributed by atoms with Gasteiger partial charge in [0.1, 0.15) is 17.7 Å². The van der Waals surface area contributed by atoms with Gasteiger partial charge in [-0.25, -0.2) is 8.78 Å². The maximum Gasteiger partial charge on any atom is 0.320 e. The first-order valence-corrected chi connectivity index (χ1v) is 8.89. The minimum Gasteiger partial charge on any atom is -0.480 e. The largest absolute Gasteiger partial charge is 0.480 e. The van der Waals surface area contributed by atoms with Crippen LogP contribution < -0.4 is 0 Å². The number of hydrogen-bond donors (Lipinski definition) is 1. The molecule has 2 atom stereocenters. The standard InChI is InChI=1S/C21H23F2NO2/c1-13-6-8-16(14(2)11-13)20(17-9-7-15(22)12-18(17)23)24-10-4-3-5-19(24)21(25)26/h6-9,11-12,19-20H,3-5,10H2,1-2H3,(H,25,26). The van der Waals surface area contributed by atoms with Crippen molar-refractivity contribution in [2.75, 3.05) is 6.54 Å². The van der Waals surface area contributed by atoms with E-state index in [4.69, 9.17) is 0 Å². The summed E-state index contributed by atoms with van der Waals surface area (Å²) in [6, 6.07) is 8.16.